The molecule has 8 heteroatoms. The third-order valence-corrected chi connectivity index (χ3v) is 8.49. The predicted octanol–water partition coefficient (Wildman–Crippen LogP) is 2.98. The minimum atomic E-state index is -1.22. The van der Waals surface area contributed by atoms with Crippen LogP contribution in [0, 0.1) is 5.92 Å². The molecule has 3 saturated heterocycles. The van der Waals surface area contributed by atoms with Crippen molar-refractivity contribution in [2.75, 3.05) is 26.2 Å². The summed E-state index contributed by atoms with van der Waals surface area (Å²) in [4.78, 5) is 48.5. The third-order valence-electron chi connectivity index (χ3n) is 8.49. The Morgan fingerprint density at radius 2 is 1.78 bits per heavy atom. The third kappa shape index (κ3) is 3.70. The first-order valence-electron chi connectivity index (χ1n) is 13.1. The lowest BCUT2D eigenvalue weighted by Crippen LogP contribution is -2.55. The maximum absolute atomic E-state index is 14.0. The fraction of sp³-hybridized carbons (Fsp3) is 0.500. The van der Waals surface area contributed by atoms with E-state index in [0.29, 0.717) is 38.2 Å². The van der Waals surface area contributed by atoms with Gasteiger partial charge in [0.05, 0.1) is 23.8 Å². The molecule has 1 N–H and O–H groups in total. The van der Waals surface area contributed by atoms with E-state index in [0.717, 1.165) is 31.2 Å². The number of hydrogen-bond donors (Lipinski definition) is 1. The SMILES string of the molecule is O=C1N[C@@](c2ccccn2)(C2CCN(C(=O)C3(c4ccccc4)CC3)CC2)C(=O)N1C[C@H]1CCCO1. The molecule has 1 aliphatic carbocycles. The van der Waals surface area contributed by atoms with Crippen molar-refractivity contribution in [3.8, 4) is 0 Å². The molecule has 36 heavy (non-hydrogen) atoms. The summed E-state index contributed by atoms with van der Waals surface area (Å²) < 4.78 is 5.71. The number of ether oxygens (including phenoxy) is 1. The number of hydrogen-bond acceptors (Lipinski definition) is 5. The van der Waals surface area contributed by atoms with Crippen molar-refractivity contribution in [2.24, 2.45) is 5.92 Å². The van der Waals surface area contributed by atoms with Crippen LogP contribution in [0.1, 0.15) is 49.8 Å². The molecule has 4 aliphatic rings. The molecule has 8 nitrogen and oxygen atoms in total. The smallest absolute Gasteiger partial charge is 0.325 e. The van der Waals surface area contributed by atoms with E-state index in [9.17, 15) is 14.4 Å². The van der Waals surface area contributed by atoms with Crippen molar-refractivity contribution in [2.45, 2.75) is 55.6 Å². The summed E-state index contributed by atoms with van der Waals surface area (Å²) in [6.45, 7) is 2.04. The quantitative estimate of drug-likeness (QED) is 0.632. The average Bonchev–Trinajstić information content (AvgIpc) is 3.50. The highest BCUT2D eigenvalue weighted by molar-refractivity contribution is 6.07. The number of likely N-dealkylation sites (tertiary alicyclic amines) is 1. The van der Waals surface area contributed by atoms with Gasteiger partial charge in [0.25, 0.3) is 5.91 Å². The van der Waals surface area contributed by atoms with Gasteiger partial charge in [0.2, 0.25) is 5.91 Å². The van der Waals surface area contributed by atoms with Crippen molar-refractivity contribution in [3.63, 3.8) is 0 Å². The number of piperidine rings is 1. The van der Waals surface area contributed by atoms with Gasteiger partial charge in [0.1, 0.15) is 0 Å². The van der Waals surface area contributed by atoms with Gasteiger partial charge < -0.3 is 15.0 Å². The Balaban J connectivity index is 1.23. The molecule has 2 aromatic rings. The van der Waals surface area contributed by atoms with Gasteiger partial charge in [0.15, 0.2) is 5.54 Å². The summed E-state index contributed by atoms with van der Waals surface area (Å²) >= 11 is 0. The van der Waals surface area contributed by atoms with Crippen LogP contribution in [0.4, 0.5) is 4.79 Å². The Labute approximate surface area is 211 Å². The standard InChI is InChI=1S/C28H32N4O4/c33-24(27(13-14-27)20-7-2-1-3-8-20)31-16-11-21(12-17-31)28(23-10-4-5-15-29-23)25(34)32(26(35)30-28)19-22-9-6-18-36-22/h1-5,7-8,10,15,21-22H,6,9,11-14,16-19H2,(H,30,35)/t22-,28-/m1/s1. The van der Waals surface area contributed by atoms with E-state index in [1.54, 1.807) is 6.20 Å². The molecule has 3 aliphatic heterocycles. The topological polar surface area (TPSA) is 91.8 Å². The summed E-state index contributed by atoms with van der Waals surface area (Å²) in [5, 5.41) is 3.06. The second-order valence-corrected chi connectivity index (χ2v) is 10.5. The van der Waals surface area contributed by atoms with E-state index in [1.165, 1.54) is 4.90 Å². The minimum absolute atomic E-state index is 0.119. The maximum Gasteiger partial charge on any atom is 0.325 e. The summed E-state index contributed by atoms with van der Waals surface area (Å²) in [6, 6.07) is 15.1. The number of carbonyl (C=O) groups excluding carboxylic acids is 3. The van der Waals surface area contributed by atoms with Crippen molar-refractivity contribution in [3.05, 3.63) is 66.0 Å². The fourth-order valence-electron chi connectivity index (χ4n) is 6.33. The number of imide groups is 1. The fourth-order valence-corrected chi connectivity index (χ4v) is 6.33. The van der Waals surface area contributed by atoms with E-state index in [1.807, 2.05) is 53.4 Å². The molecule has 0 radical (unpaired) electrons. The van der Waals surface area contributed by atoms with E-state index in [2.05, 4.69) is 10.3 Å². The average molecular weight is 489 g/mol. The first-order valence-corrected chi connectivity index (χ1v) is 13.1. The Kier molecular flexibility index (Phi) is 5.79. The van der Waals surface area contributed by atoms with Crippen LogP contribution >= 0.6 is 0 Å². The number of aromatic nitrogens is 1. The highest BCUT2D eigenvalue weighted by Crippen LogP contribution is 2.50. The van der Waals surface area contributed by atoms with Crippen LogP contribution in [0.25, 0.3) is 0 Å². The summed E-state index contributed by atoms with van der Waals surface area (Å²) in [6.07, 6.45) is 6.31. The van der Waals surface area contributed by atoms with Crippen molar-refractivity contribution in [1.82, 2.24) is 20.1 Å². The number of carbonyl (C=O) groups is 3. The zero-order valence-electron chi connectivity index (χ0n) is 20.4. The van der Waals surface area contributed by atoms with Gasteiger partial charge in [-0.1, -0.05) is 36.4 Å². The Morgan fingerprint density at radius 1 is 1.03 bits per heavy atom. The normalized spacial score (nSPS) is 27.8. The second kappa shape index (κ2) is 9.00. The van der Waals surface area contributed by atoms with Gasteiger partial charge in [-0.15, -0.1) is 0 Å². The number of amides is 4. The molecule has 4 heterocycles. The Bertz CT molecular complexity index is 1140. The van der Waals surface area contributed by atoms with E-state index in [-0.39, 0.29) is 36.4 Å². The van der Waals surface area contributed by atoms with Gasteiger partial charge in [-0.25, -0.2) is 4.79 Å². The lowest BCUT2D eigenvalue weighted by molar-refractivity contribution is -0.138. The number of rotatable bonds is 6. The van der Waals surface area contributed by atoms with E-state index in [4.69, 9.17) is 4.74 Å². The molecular formula is C28H32N4O4. The first-order chi connectivity index (χ1) is 17.5. The van der Waals surface area contributed by atoms with Crippen LogP contribution < -0.4 is 5.32 Å². The van der Waals surface area contributed by atoms with Crippen LogP contribution in [0.15, 0.2) is 54.7 Å². The monoisotopic (exact) mass is 488 g/mol. The van der Waals surface area contributed by atoms with Crippen molar-refractivity contribution in [1.29, 1.82) is 0 Å². The van der Waals surface area contributed by atoms with Gasteiger partial charge >= 0.3 is 6.03 Å². The molecule has 4 fully saturated rings. The van der Waals surface area contributed by atoms with Gasteiger partial charge in [-0.05, 0) is 56.2 Å². The minimum Gasteiger partial charge on any atom is -0.376 e. The number of nitrogens with one attached hydrogen (secondary N) is 1. The lowest BCUT2D eigenvalue weighted by Gasteiger charge is -2.41. The Morgan fingerprint density at radius 3 is 2.42 bits per heavy atom. The highest BCUT2D eigenvalue weighted by Gasteiger charge is 2.59. The zero-order valence-corrected chi connectivity index (χ0v) is 20.4. The lowest BCUT2D eigenvalue weighted by atomic mass is 9.74. The highest BCUT2D eigenvalue weighted by atomic mass is 16.5. The molecule has 188 valence electrons. The summed E-state index contributed by atoms with van der Waals surface area (Å²) in [5.74, 6) is -0.232. The molecule has 1 saturated carbocycles. The maximum atomic E-state index is 14.0. The molecule has 0 spiro atoms. The van der Waals surface area contributed by atoms with Crippen LogP contribution in [-0.4, -0.2) is 65.0 Å². The van der Waals surface area contributed by atoms with Crippen LogP contribution in [-0.2, 0) is 25.3 Å². The molecule has 6 rings (SSSR count). The molecule has 1 aromatic carbocycles. The molecule has 2 atom stereocenters. The van der Waals surface area contributed by atoms with Crippen molar-refractivity contribution >= 4 is 17.8 Å². The van der Waals surface area contributed by atoms with Gasteiger partial charge in [0, 0.05) is 31.8 Å². The predicted molar refractivity (Wildman–Crippen MR) is 132 cm³/mol. The second-order valence-electron chi connectivity index (χ2n) is 10.5. The molecular weight excluding hydrogens is 456 g/mol. The first kappa shape index (κ1) is 23.2. The van der Waals surface area contributed by atoms with Gasteiger partial charge in [-0.3, -0.25) is 19.5 Å². The van der Waals surface area contributed by atoms with Crippen LogP contribution in [0.5, 0.6) is 0 Å². The van der Waals surface area contributed by atoms with Crippen LogP contribution in [0.3, 0.4) is 0 Å². The summed E-state index contributed by atoms with van der Waals surface area (Å²) in [7, 11) is 0. The largest absolute Gasteiger partial charge is 0.376 e. The van der Waals surface area contributed by atoms with Crippen LogP contribution in [0.2, 0.25) is 0 Å². The zero-order chi connectivity index (χ0) is 24.8. The van der Waals surface area contributed by atoms with Gasteiger partial charge in [-0.2, -0.15) is 0 Å². The number of benzene rings is 1. The van der Waals surface area contributed by atoms with Crippen molar-refractivity contribution < 1.29 is 19.1 Å². The summed E-state index contributed by atoms with van der Waals surface area (Å²) in [5.41, 5.74) is 0.0291. The molecule has 0 bridgehead atoms. The molecule has 0 unspecified atom stereocenters. The molecule has 4 amide bonds. The van der Waals surface area contributed by atoms with E-state index >= 15 is 0 Å². The molecule has 1 aromatic heterocycles. The number of urea groups is 1. The number of pyridine rings is 1. The number of nitrogens with zero attached hydrogens (tertiary/aromatic N) is 3. The van der Waals surface area contributed by atoms with E-state index < -0.39 is 11.0 Å². The Hall–Kier alpha value is -3.26.